The summed E-state index contributed by atoms with van der Waals surface area (Å²) >= 11 is 0. The summed E-state index contributed by atoms with van der Waals surface area (Å²) in [4.78, 5) is 13.9. The van der Waals surface area contributed by atoms with Crippen molar-refractivity contribution in [2.75, 3.05) is 27.3 Å². The number of aliphatic hydroxyl groups is 1. The van der Waals surface area contributed by atoms with Gasteiger partial charge in [0.1, 0.15) is 0 Å². The van der Waals surface area contributed by atoms with Gasteiger partial charge in [-0.05, 0) is 36.5 Å². The van der Waals surface area contributed by atoms with E-state index in [1.54, 1.807) is 19.1 Å². The molecule has 1 aliphatic rings. The first-order valence-electron chi connectivity index (χ1n) is 7.64. The van der Waals surface area contributed by atoms with Gasteiger partial charge in [0.15, 0.2) is 0 Å². The number of methoxy groups -OCH3 is 1. The summed E-state index contributed by atoms with van der Waals surface area (Å²) in [6.45, 7) is 7.49. The quantitative estimate of drug-likeness (QED) is 0.814. The number of likely N-dealkylation sites (N-methyl/N-ethyl adjacent to an activating group) is 1. The Morgan fingerprint density at radius 2 is 2.10 bits per heavy atom. The van der Waals surface area contributed by atoms with E-state index >= 15 is 0 Å². The maximum Gasteiger partial charge on any atom is 0.222 e. The molecule has 0 bridgehead atoms. The van der Waals surface area contributed by atoms with Gasteiger partial charge in [-0.3, -0.25) is 4.79 Å². The molecule has 3 unspecified atom stereocenters. The largest absolute Gasteiger partial charge is 0.389 e. The van der Waals surface area contributed by atoms with Crippen molar-refractivity contribution >= 4 is 5.91 Å². The molecule has 0 spiro atoms. The van der Waals surface area contributed by atoms with Gasteiger partial charge in [0.05, 0.1) is 12.7 Å². The summed E-state index contributed by atoms with van der Waals surface area (Å²) in [6, 6.07) is 0. The first-order chi connectivity index (χ1) is 9.23. The summed E-state index contributed by atoms with van der Waals surface area (Å²) in [7, 11) is 3.31. The molecule has 1 aliphatic carbocycles. The zero-order valence-corrected chi connectivity index (χ0v) is 13.7. The highest BCUT2D eigenvalue weighted by Crippen LogP contribution is 2.42. The predicted molar refractivity (Wildman–Crippen MR) is 80.4 cm³/mol. The number of nitrogens with zero attached hydrogens (tertiary/aromatic N) is 1. The molecule has 0 aromatic rings. The lowest BCUT2D eigenvalue weighted by atomic mass is 9.67. The van der Waals surface area contributed by atoms with Crippen LogP contribution in [0, 0.1) is 17.3 Å². The van der Waals surface area contributed by atoms with E-state index in [0.29, 0.717) is 30.2 Å². The lowest BCUT2D eigenvalue weighted by molar-refractivity contribution is -0.133. The number of carbonyl (C=O) groups is 1. The van der Waals surface area contributed by atoms with Crippen molar-refractivity contribution in [3.63, 3.8) is 0 Å². The molecule has 0 radical (unpaired) electrons. The molecule has 0 saturated heterocycles. The summed E-state index contributed by atoms with van der Waals surface area (Å²) in [6.07, 6.45) is 3.52. The molecule has 3 atom stereocenters. The van der Waals surface area contributed by atoms with Gasteiger partial charge >= 0.3 is 0 Å². The van der Waals surface area contributed by atoms with E-state index in [1.165, 1.54) is 6.42 Å². The van der Waals surface area contributed by atoms with Crippen molar-refractivity contribution in [1.29, 1.82) is 0 Å². The van der Waals surface area contributed by atoms with Crippen LogP contribution in [0.15, 0.2) is 0 Å². The fourth-order valence-electron chi connectivity index (χ4n) is 3.77. The molecule has 1 rings (SSSR count). The second-order valence-electron chi connectivity index (χ2n) is 7.37. The molecule has 118 valence electrons. The summed E-state index contributed by atoms with van der Waals surface area (Å²) in [5.74, 6) is 1.30. The van der Waals surface area contributed by atoms with E-state index in [1.807, 2.05) is 0 Å². The number of aliphatic hydroxyl groups excluding tert-OH is 1. The molecule has 0 aliphatic heterocycles. The van der Waals surface area contributed by atoms with Crippen molar-refractivity contribution in [1.82, 2.24) is 4.90 Å². The van der Waals surface area contributed by atoms with E-state index in [4.69, 9.17) is 4.74 Å². The third kappa shape index (κ3) is 5.80. The summed E-state index contributed by atoms with van der Waals surface area (Å²) in [5, 5.41) is 9.68. The first-order valence-corrected chi connectivity index (χ1v) is 7.64. The van der Waals surface area contributed by atoms with Crippen LogP contribution in [-0.4, -0.2) is 49.3 Å². The third-order valence-corrected chi connectivity index (χ3v) is 4.21. The molecule has 1 saturated carbocycles. The number of hydrogen-bond donors (Lipinski definition) is 1. The number of amides is 1. The molecule has 20 heavy (non-hydrogen) atoms. The predicted octanol–water partition coefficient (Wildman–Crippen LogP) is 2.30. The van der Waals surface area contributed by atoms with Crippen molar-refractivity contribution in [2.24, 2.45) is 17.3 Å². The Bertz CT molecular complexity index is 317. The highest BCUT2D eigenvalue weighted by molar-refractivity contribution is 5.76. The maximum atomic E-state index is 12.2. The van der Waals surface area contributed by atoms with E-state index in [2.05, 4.69) is 20.8 Å². The second-order valence-corrected chi connectivity index (χ2v) is 7.37. The van der Waals surface area contributed by atoms with Crippen molar-refractivity contribution in [3.05, 3.63) is 0 Å². The van der Waals surface area contributed by atoms with Crippen LogP contribution in [0.4, 0.5) is 0 Å². The van der Waals surface area contributed by atoms with Crippen LogP contribution in [0.3, 0.4) is 0 Å². The molecule has 1 fully saturated rings. The number of ether oxygens (including phenoxy) is 1. The summed E-state index contributed by atoms with van der Waals surface area (Å²) in [5.41, 5.74) is 0.344. The van der Waals surface area contributed by atoms with Crippen molar-refractivity contribution < 1.29 is 14.6 Å². The van der Waals surface area contributed by atoms with Gasteiger partial charge in [0.25, 0.3) is 0 Å². The molecule has 0 aromatic carbocycles. The van der Waals surface area contributed by atoms with Gasteiger partial charge < -0.3 is 14.7 Å². The van der Waals surface area contributed by atoms with E-state index in [-0.39, 0.29) is 12.5 Å². The molecule has 0 aromatic heterocycles. The smallest absolute Gasteiger partial charge is 0.222 e. The fraction of sp³-hybridized carbons (Fsp3) is 0.938. The van der Waals surface area contributed by atoms with Gasteiger partial charge in [-0.1, -0.05) is 20.8 Å². The average Bonchev–Trinajstić information content (AvgIpc) is 2.25. The summed E-state index contributed by atoms with van der Waals surface area (Å²) < 4.78 is 4.89. The highest BCUT2D eigenvalue weighted by Gasteiger charge is 2.33. The minimum absolute atomic E-state index is 0.134. The Kier molecular flexibility index (Phi) is 6.46. The van der Waals surface area contributed by atoms with E-state index in [9.17, 15) is 9.90 Å². The molecule has 1 amide bonds. The molecule has 0 heterocycles. The van der Waals surface area contributed by atoms with Crippen LogP contribution in [0.25, 0.3) is 0 Å². The number of carbonyl (C=O) groups excluding carboxylic acids is 1. The van der Waals surface area contributed by atoms with Crippen LogP contribution in [-0.2, 0) is 9.53 Å². The second kappa shape index (κ2) is 7.41. The Morgan fingerprint density at radius 3 is 2.65 bits per heavy atom. The SMILES string of the molecule is COCC(O)CN(C)C(=O)CC1CC(C)CC(C)(C)C1. The molecular formula is C16H31NO3. The number of hydrogen-bond acceptors (Lipinski definition) is 3. The minimum Gasteiger partial charge on any atom is -0.389 e. The molecule has 4 nitrogen and oxygen atoms in total. The maximum absolute atomic E-state index is 12.2. The number of rotatable bonds is 6. The van der Waals surface area contributed by atoms with Gasteiger partial charge in [-0.15, -0.1) is 0 Å². The van der Waals surface area contributed by atoms with Crippen LogP contribution in [0.5, 0.6) is 0 Å². The Morgan fingerprint density at radius 1 is 1.45 bits per heavy atom. The topological polar surface area (TPSA) is 49.8 Å². The fourth-order valence-corrected chi connectivity index (χ4v) is 3.77. The van der Waals surface area contributed by atoms with Gasteiger partial charge in [-0.25, -0.2) is 0 Å². The van der Waals surface area contributed by atoms with Crippen LogP contribution >= 0.6 is 0 Å². The Balaban J connectivity index is 2.44. The lowest BCUT2D eigenvalue weighted by Gasteiger charge is -2.39. The zero-order chi connectivity index (χ0) is 15.3. The Labute approximate surface area is 123 Å². The lowest BCUT2D eigenvalue weighted by Crippen LogP contribution is -2.38. The van der Waals surface area contributed by atoms with Crippen molar-refractivity contribution in [2.45, 2.75) is 52.6 Å². The third-order valence-electron chi connectivity index (χ3n) is 4.21. The molecule has 1 N–H and O–H groups in total. The Hall–Kier alpha value is -0.610. The van der Waals surface area contributed by atoms with Gasteiger partial charge in [0.2, 0.25) is 5.91 Å². The van der Waals surface area contributed by atoms with Gasteiger partial charge in [-0.2, -0.15) is 0 Å². The van der Waals surface area contributed by atoms with Crippen LogP contribution in [0.2, 0.25) is 0 Å². The van der Waals surface area contributed by atoms with Crippen molar-refractivity contribution in [3.8, 4) is 0 Å². The van der Waals surface area contributed by atoms with Gasteiger partial charge in [0, 0.05) is 27.1 Å². The zero-order valence-electron chi connectivity index (χ0n) is 13.7. The average molecular weight is 285 g/mol. The van der Waals surface area contributed by atoms with Crippen LogP contribution in [0.1, 0.15) is 46.5 Å². The monoisotopic (exact) mass is 285 g/mol. The standard InChI is InChI=1S/C16H31NO3/c1-12-6-13(9-16(2,3)8-12)7-15(19)17(4)10-14(18)11-20-5/h12-14,18H,6-11H2,1-5H3. The van der Waals surface area contributed by atoms with E-state index in [0.717, 1.165) is 12.8 Å². The highest BCUT2D eigenvalue weighted by atomic mass is 16.5. The first kappa shape index (κ1) is 17.4. The van der Waals surface area contributed by atoms with Crippen LogP contribution < -0.4 is 0 Å². The normalized spacial score (nSPS) is 27.1. The molecular weight excluding hydrogens is 254 g/mol. The molecule has 4 heteroatoms. The minimum atomic E-state index is -0.601. The van der Waals surface area contributed by atoms with E-state index < -0.39 is 6.10 Å².